The number of nitrogens with one attached hydrogen (secondary N) is 2. The van der Waals surface area contributed by atoms with E-state index in [-0.39, 0.29) is 0 Å². The molecule has 7 heteroatoms. The number of carbonyl (C=O) groups excluding carboxylic acids is 1. The highest BCUT2D eigenvalue weighted by Crippen LogP contribution is 2.32. The lowest BCUT2D eigenvalue weighted by Crippen LogP contribution is -2.20. The van der Waals surface area contributed by atoms with E-state index in [1.54, 1.807) is 32.2 Å². The van der Waals surface area contributed by atoms with E-state index in [4.69, 9.17) is 14.0 Å². The number of aromatic nitrogens is 1. The summed E-state index contributed by atoms with van der Waals surface area (Å²) in [5.41, 5.74) is 1.42. The van der Waals surface area contributed by atoms with Crippen LogP contribution >= 0.6 is 0 Å². The molecular formula is C14H17N3O4. The van der Waals surface area contributed by atoms with Gasteiger partial charge in [-0.3, -0.25) is 5.32 Å². The molecule has 0 bridgehead atoms. The van der Waals surface area contributed by atoms with Crippen molar-refractivity contribution < 1.29 is 18.8 Å². The molecule has 2 aromatic rings. The van der Waals surface area contributed by atoms with Crippen molar-refractivity contribution in [3.63, 3.8) is 0 Å². The largest absolute Gasteiger partial charge is 0.496 e. The van der Waals surface area contributed by atoms with Crippen LogP contribution in [-0.2, 0) is 0 Å². The van der Waals surface area contributed by atoms with Gasteiger partial charge in [0.25, 0.3) is 0 Å². The van der Waals surface area contributed by atoms with Crippen LogP contribution in [0, 0.1) is 13.8 Å². The van der Waals surface area contributed by atoms with Crippen molar-refractivity contribution in [2.45, 2.75) is 13.8 Å². The van der Waals surface area contributed by atoms with E-state index in [0.717, 1.165) is 5.56 Å². The molecule has 0 fully saturated rings. The summed E-state index contributed by atoms with van der Waals surface area (Å²) < 4.78 is 15.3. The Balaban J connectivity index is 2.14. The Morgan fingerprint density at radius 3 is 2.38 bits per heavy atom. The molecule has 1 aromatic carbocycles. The molecule has 0 aliphatic carbocycles. The Bertz CT molecular complexity index is 652. The van der Waals surface area contributed by atoms with Crippen molar-refractivity contribution in [2.75, 3.05) is 24.9 Å². The zero-order valence-electron chi connectivity index (χ0n) is 12.3. The van der Waals surface area contributed by atoms with Gasteiger partial charge in [-0.25, -0.2) is 4.79 Å². The van der Waals surface area contributed by atoms with Crippen LogP contribution in [0.4, 0.5) is 16.3 Å². The number of urea groups is 1. The molecule has 0 aliphatic heterocycles. The molecule has 2 N–H and O–H groups in total. The highest BCUT2D eigenvalue weighted by Gasteiger charge is 2.12. The van der Waals surface area contributed by atoms with Gasteiger partial charge in [-0.2, -0.15) is 0 Å². The Labute approximate surface area is 122 Å². The summed E-state index contributed by atoms with van der Waals surface area (Å²) in [6, 6.07) is 4.67. The van der Waals surface area contributed by atoms with Crippen LogP contribution in [-0.4, -0.2) is 25.4 Å². The molecular weight excluding hydrogens is 274 g/mol. The number of aryl methyl sites for hydroxylation is 2. The van der Waals surface area contributed by atoms with Crippen LogP contribution in [0.2, 0.25) is 0 Å². The highest BCUT2D eigenvalue weighted by atomic mass is 16.5. The van der Waals surface area contributed by atoms with Gasteiger partial charge >= 0.3 is 6.03 Å². The second-order valence-corrected chi connectivity index (χ2v) is 4.42. The molecule has 7 nitrogen and oxygen atoms in total. The van der Waals surface area contributed by atoms with Gasteiger partial charge in [-0.15, -0.1) is 0 Å². The van der Waals surface area contributed by atoms with Crippen molar-refractivity contribution in [3.05, 3.63) is 29.5 Å². The summed E-state index contributed by atoms with van der Waals surface area (Å²) in [4.78, 5) is 11.9. The number of ether oxygens (including phenoxy) is 2. The van der Waals surface area contributed by atoms with Gasteiger partial charge in [0.05, 0.1) is 19.9 Å². The van der Waals surface area contributed by atoms with Crippen molar-refractivity contribution in [2.24, 2.45) is 0 Å². The maximum atomic E-state index is 11.9. The number of rotatable bonds is 4. The summed E-state index contributed by atoms with van der Waals surface area (Å²) in [6.07, 6.45) is 0. The number of hydrogen-bond donors (Lipinski definition) is 2. The minimum Gasteiger partial charge on any atom is -0.496 e. The van der Waals surface area contributed by atoms with Crippen molar-refractivity contribution in [3.8, 4) is 11.5 Å². The van der Waals surface area contributed by atoms with E-state index in [1.807, 2.05) is 6.92 Å². The van der Waals surface area contributed by atoms with Gasteiger partial charge in [0, 0.05) is 12.1 Å². The molecule has 0 radical (unpaired) electrons. The molecule has 0 saturated heterocycles. The van der Waals surface area contributed by atoms with Gasteiger partial charge in [-0.05, 0) is 25.5 Å². The van der Waals surface area contributed by atoms with E-state index in [2.05, 4.69) is 15.8 Å². The van der Waals surface area contributed by atoms with Crippen LogP contribution < -0.4 is 20.1 Å². The van der Waals surface area contributed by atoms with E-state index in [9.17, 15) is 4.79 Å². The summed E-state index contributed by atoms with van der Waals surface area (Å²) in [7, 11) is 3.10. The van der Waals surface area contributed by atoms with E-state index in [0.29, 0.717) is 28.8 Å². The van der Waals surface area contributed by atoms with Crippen LogP contribution in [0.25, 0.3) is 0 Å². The van der Waals surface area contributed by atoms with Gasteiger partial charge in [-0.1, -0.05) is 5.16 Å². The molecule has 2 amide bonds. The minimum absolute atomic E-state index is 0.342. The first kappa shape index (κ1) is 14.7. The first-order valence-corrected chi connectivity index (χ1v) is 6.27. The molecule has 0 atom stereocenters. The van der Waals surface area contributed by atoms with Crippen molar-refractivity contribution >= 4 is 17.5 Å². The Hall–Kier alpha value is -2.70. The number of nitrogens with zero attached hydrogens (tertiary/aromatic N) is 1. The Morgan fingerprint density at radius 2 is 1.81 bits per heavy atom. The van der Waals surface area contributed by atoms with Gasteiger partial charge in [0.1, 0.15) is 17.3 Å². The molecule has 1 heterocycles. The minimum atomic E-state index is -0.439. The van der Waals surface area contributed by atoms with Crippen molar-refractivity contribution in [1.29, 1.82) is 0 Å². The van der Waals surface area contributed by atoms with Crippen LogP contribution in [0.5, 0.6) is 11.5 Å². The van der Waals surface area contributed by atoms with Gasteiger partial charge < -0.3 is 19.3 Å². The number of carbonyl (C=O) groups is 1. The zero-order valence-corrected chi connectivity index (χ0v) is 12.3. The molecule has 112 valence electrons. The van der Waals surface area contributed by atoms with Crippen molar-refractivity contribution in [1.82, 2.24) is 5.16 Å². The normalized spacial score (nSPS) is 10.1. The smallest absolute Gasteiger partial charge is 0.325 e. The fourth-order valence-electron chi connectivity index (χ4n) is 1.85. The summed E-state index contributed by atoms with van der Waals surface area (Å²) in [5, 5.41) is 8.95. The number of benzene rings is 1. The second kappa shape index (κ2) is 6.17. The standard InChI is InChI=1S/C14H17N3O4/c1-8-5-10(12(20-4)7-11(8)19-3)15-14(18)16-13-6-9(2)21-17-13/h5-7H,1-4H3,(H2,15,16,17,18). The SMILES string of the molecule is COc1cc(OC)c(NC(=O)Nc2cc(C)on2)cc1C. The predicted octanol–water partition coefficient (Wildman–Crippen LogP) is 2.95. The number of anilines is 2. The lowest BCUT2D eigenvalue weighted by Gasteiger charge is -2.13. The fraction of sp³-hybridized carbons (Fsp3) is 0.286. The quantitative estimate of drug-likeness (QED) is 0.904. The molecule has 0 spiro atoms. The average Bonchev–Trinajstić information content (AvgIpc) is 2.84. The molecule has 0 unspecified atom stereocenters. The number of hydrogen-bond acceptors (Lipinski definition) is 5. The van der Waals surface area contributed by atoms with E-state index < -0.39 is 6.03 Å². The van der Waals surface area contributed by atoms with Gasteiger partial charge in [0.2, 0.25) is 0 Å². The average molecular weight is 291 g/mol. The van der Waals surface area contributed by atoms with Crippen LogP contribution in [0.1, 0.15) is 11.3 Å². The maximum Gasteiger partial charge on any atom is 0.325 e. The van der Waals surface area contributed by atoms with E-state index >= 15 is 0 Å². The fourth-order valence-corrected chi connectivity index (χ4v) is 1.85. The predicted molar refractivity (Wildman–Crippen MR) is 78.2 cm³/mol. The summed E-state index contributed by atoms with van der Waals surface area (Å²) in [6.45, 7) is 3.62. The zero-order chi connectivity index (χ0) is 15.4. The Kier molecular flexibility index (Phi) is 4.32. The Morgan fingerprint density at radius 1 is 1.10 bits per heavy atom. The molecule has 1 aromatic heterocycles. The third kappa shape index (κ3) is 3.44. The monoisotopic (exact) mass is 291 g/mol. The molecule has 21 heavy (non-hydrogen) atoms. The first-order chi connectivity index (χ1) is 10.0. The third-order valence-corrected chi connectivity index (χ3v) is 2.83. The second-order valence-electron chi connectivity index (χ2n) is 4.42. The lowest BCUT2D eigenvalue weighted by atomic mass is 10.2. The molecule has 2 rings (SSSR count). The highest BCUT2D eigenvalue weighted by molar-refractivity contribution is 6.00. The number of methoxy groups -OCH3 is 2. The summed E-state index contributed by atoms with van der Waals surface area (Å²) >= 11 is 0. The van der Waals surface area contributed by atoms with Crippen LogP contribution in [0.15, 0.2) is 22.7 Å². The first-order valence-electron chi connectivity index (χ1n) is 6.27. The lowest BCUT2D eigenvalue weighted by molar-refractivity contribution is 0.261. The molecule has 0 aliphatic rings. The maximum absolute atomic E-state index is 11.9. The summed E-state index contributed by atoms with van der Waals surface area (Å²) in [5.74, 6) is 2.14. The van der Waals surface area contributed by atoms with E-state index in [1.165, 1.54) is 7.11 Å². The molecule has 0 saturated carbocycles. The van der Waals surface area contributed by atoms with Gasteiger partial charge in [0.15, 0.2) is 5.82 Å². The number of amides is 2. The topological polar surface area (TPSA) is 85.6 Å². The van der Waals surface area contributed by atoms with Crippen LogP contribution in [0.3, 0.4) is 0 Å². The third-order valence-electron chi connectivity index (χ3n) is 2.83.